The van der Waals surface area contributed by atoms with Crippen molar-refractivity contribution in [2.75, 3.05) is 20.1 Å². The molecule has 478 valence electrons. The molecule has 2 aliphatic heterocycles. The summed E-state index contributed by atoms with van der Waals surface area (Å²) < 4.78 is 0. The van der Waals surface area contributed by atoms with Gasteiger partial charge in [-0.25, -0.2) is 0 Å². The molecule has 4 fully saturated rings. The first-order valence-electron chi connectivity index (χ1n) is 33.6. The third kappa shape index (κ3) is 13.2. The topological polar surface area (TPSA) is 215 Å². The minimum Gasteiger partial charge on any atom is -0.347 e. The average molecular weight is 1240 g/mol. The second kappa shape index (κ2) is 28.0. The van der Waals surface area contributed by atoms with Gasteiger partial charge in [0.1, 0.15) is 23.9 Å². The van der Waals surface area contributed by atoms with Crippen LogP contribution in [0.5, 0.6) is 0 Å². The summed E-state index contributed by atoms with van der Waals surface area (Å²) in [6, 6.07) is 41.2. The summed E-state index contributed by atoms with van der Waals surface area (Å²) in [6.07, 6.45) is 10.3. The molecule has 6 aromatic rings. The Bertz CT molecular complexity index is 3410. The quantitative estimate of drug-likeness (QED) is 0.0428. The van der Waals surface area contributed by atoms with E-state index in [-0.39, 0.29) is 97.2 Å². The van der Waals surface area contributed by atoms with Crippen molar-refractivity contribution in [1.82, 2.24) is 41.7 Å². The van der Waals surface area contributed by atoms with E-state index in [1.165, 1.54) is 0 Å². The van der Waals surface area contributed by atoms with Crippen molar-refractivity contribution in [2.24, 2.45) is 23.7 Å². The van der Waals surface area contributed by atoms with E-state index in [2.05, 4.69) is 56.2 Å². The van der Waals surface area contributed by atoms with Gasteiger partial charge in [0.2, 0.25) is 29.5 Å². The summed E-state index contributed by atoms with van der Waals surface area (Å²) in [5.74, 6) is -3.12. The zero-order valence-electron chi connectivity index (χ0n) is 53.3. The lowest BCUT2D eigenvalue weighted by atomic mass is 9.76. The van der Waals surface area contributed by atoms with Crippen LogP contribution in [0.4, 0.5) is 0 Å². The van der Waals surface area contributed by atoms with E-state index in [0.717, 1.165) is 120 Å². The molecule has 0 unspecified atom stereocenters. The van der Waals surface area contributed by atoms with Crippen molar-refractivity contribution in [3.8, 4) is 33.4 Å². The second-order valence-corrected chi connectivity index (χ2v) is 26.6. The molecule has 7 amide bonds. The van der Waals surface area contributed by atoms with E-state index in [9.17, 15) is 28.8 Å². The molecule has 2 saturated heterocycles. The minimum atomic E-state index is -0.925. The number of rotatable bonds is 20. The largest absolute Gasteiger partial charge is 0.347 e. The van der Waals surface area contributed by atoms with Gasteiger partial charge in [0.15, 0.2) is 0 Å². The molecule has 2 saturated carbocycles. The molecular weight excluding hydrogens is 1150 g/mol. The zero-order valence-corrected chi connectivity index (χ0v) is 53.3. The monoisotopic (exact) mass is 1240 g/mol. The SMILES string of the molecule is CC[C@@H](C)C(=O)N[C@H](C(=O)N1C[C@@H](NC(=O)c2ccc(-c3ccc(C(=O)N[C@H]4C[C@@H](C(=O)NC5c6ccccc6-c6ccccc65)N(C(=O)[C@@H](CC(=O)[C@H](C)NC)C5CCCCC5)C4)cc3)cc2)C[C@H]1C(=O)NC1c2ccccc2-c2ccccc21)C1CCCCC1. The van der Waals surface area contributed by atoms with Gasteiger partial charge < -0.3 is 41.7 Å². The maximum atomic E-state index is 15.1. The Balaban J connectivity index is 0.732. The normalized spacial score (nSPS) is 21.0. The smallest absolute Gasteiger partial charge is 0.251 e. The Labute approximate surface area is 539 Å². The van der Waals surface area contributed by atoms with E-state index in [0.29, 0.717) is 17.5 Å². The van der Waals surface area contributed by atoms with Crippen LogP contribution in [0, 0.1) is 23.7 Å². The molecule has 4 aliphatic carbocycles. The number of ketones is 1. The highest BCUT2D eigenvalue weighted by Gasteiger charge is 2.48. The summed E-state index contributed by atoms with van der Waals surface area (Å²) in [5.41, 5.74) is 10.4. The van der Waals surface area contributed by atoms with Crippen LogP contribution >= 0.6 is 0 Å². The van der Waals surface area contributed by atoms with Gasteiger partial charge in [0, 0.05) is 54.6 Å². The lowest BCUT2D eigenvalue weighted by Crippen LogP contribution is -2.57. The maximum Gasteiger partial charge on any atom is 0.251 e. The Morgan fingerprint density at radius 1 is 0.478 bits per heavy atom. The fourth-order valence-electron chi connectivity index (χ4n) is 15.4. The molecule has 12 rings (SSSR count). The first-order chi connectivity index (χ1) is 44.7. The van der Waals surface area contributed by atoms with Gasteiger partial charge in [0.25, 0.3) is 11.8 Å². The number of Topliss-reactive ketones (excluding diaryl/α,β-unsaturated/α-hetero) is 1. The summed E-state index contributed by atoms with van der Waals surface area (Å²) in [5, 5.41) is 19.1. The van der Waals surface area contributed by atoms with Crippen LogP contribution < -0.4 is 31.9 Å². The fourth-order valence-corrected chi connectivity index (χ4v) is 15.4. The highest BCUT2D eigenvalue weighted by atomic mass is 16.2. The second-order valence-electron chi connectivity index (χ2n) is 26.6. The summed E-state index contributed by atoms with van der Waals surface area (Å²) >= 11 is 0. The molecule has 16 heteroatoms. The van der Waals surface area contributed by atoms with Crippen molar-refractivity contribution < 1.29 is 38.4 Å². The van der Waals surface area contributed by atoms with Crippen molar-refractivity contribution in [1.29, 1.82) is 0 Å². The van der Waals surface area contributed by atoms with Gasteiger partial charge in [-0.05, 0) is 151 Å². The van der Waals surface area contributed by atoms with Crippen LogP contribution in [0.3, 0.4) is 0 Å². The van der Waals surface area contributed by atoms with E-state index in [1.54, 1.807) is 41.1 Å². The molecule has 0 spiro atoms. The predicted molar refractivity (Wildman–Crippen MR) is 355 cm³/mol. The lowest BCUT2D eigenvalue weighted by molar-refractivity contribution is -0.145. The standard InChI is InChI=1S/C76H86N8O8/c1-5-45(2)70(86)80-67(50-22-10-7-11-23-50)76(92)84-44-54(41-65(84)74(90)82-69-61-30-18-14-26-57(61)58-27-15-19-31-62(58)69)79-72(88)52-38-34-48(35-39-52)47-32-36-51(37-33-47)71(87)78-53-40-64(73(89)81-68-59-28-16-12-24-55(59)56-25-13-17-29-60(56)68)83(43-53)75(91)63(42-66(85)46(3)77-4)49-20-8-6-9-21-49/h12-19,24-39,45-46,49-50,53-54,63-65,67-69,77H,5-11,20-23,40-44H2,1-4H3,(H,78,87)(H,79,88)(H,80,86)(H,81,89)(H,82,90)/t45-,46+,53+,54+,63+,64+,65+,67+/m1/s1. The van der Waals surface area contributed by atoms with Crippen molar-refractivity contribution in [2.45, 2.75) is 159 Å². The first-order valence-corrected chi connectivity index (χ1v) is 33.6. The predicted octanol–water partition coefficient (Wildman–Crippen LogP) is 10.4. The molecule has 8 atom stereocenters. The Kier molecular flexibility index (Phi) is 19.3. The van der Waals surface area contributed by atoms with Crippen LogP contribution in [0.2, 0.25) is 0 Å². The Morgan fingerprint density at radius 2 is 0.870 bits per heavy atom. The number of hydrogen-bond acceptors (Lipinski definition) is 9. The molecule has 0 bridgehead atoms. The highest BCUT2D eigenvalue weighted by molar-refractivity contribution is 5.99. The van der Waals surface area contributed by atoms with Crippen LogP contribution in [0.15, 0.2) is 146 Å². The number of hydrogen-bond donors (Lipinski definition) is 6. The van der Waals surface area contributed by atoms with Crippen molar-refractivity contribution >= 4 is 47.1 Å². The fraction of sp³-hybridized carbons (Fsp3) is 0.421. The van der Waals surface area contributed by atoms with E-state index >= 15 is 9.59 Å². The number of nitrogens with zero attached hydrogens (tertiary/aromatic N) is 2. The zero-order chi connectivity index (χ0) is 64.2. The molecule has 0 radical (unpaired) electrons. The molecule has 6 aliphatic rings. The van der Waals surface area contributed by atoms with Gasteiger partial charge in [-0.2, -0.15) is 0 Å². The third-order valence-corrected chi connectivity index (χ3v) is 20.9. The molecule has 6 aromatic carbocycles. The van der Waals surface area contributed by atoms with Crippen LogP contribution in [-0.4, -0.2) is 113 Å². The van der Waals surface area contributed by atoms with Gasteiger partial charge in [0.05, 0.1) is 18.1 Å². The number of likely N-dealkylation sites (tertiary alicyclic amines) is 2. The van der Waals surface area contributed by atoms with E-state index in [1.807, 2.05) is 118 Å². The molecule has 2 heterocycles. The number of fused-ring (bicyclic) bond motifs is 6. The van der Waals surface area contributed by atoms with Crippen LogP contribution in [-0.2, 0) is 28.8 Å². The number of carbonyl (C=O) groups is 8. The number of carbonyl (C=O) groups excluding carboxylic acids is 8. The van der Waals surface area contributed by atoms with Crippen LogP contribution in [0.1, 0.15) is 166 Å². The van der Waals surface area contributed by atoms with Crippen molar-refractivity contribution in [3.05, 3.63) is 179 Å². The van der Waals surface area contributed by atoms with Gasteiger partial charge in [-0.15, -0.1) is 0 Å². The minimum absolute atomic E-state index is 0.000654. The van der Waals surface area contributed by atoms with E-state index in [4.69, 9.17) is 0 Å². The van der Waals surface area contributed by atoms with Gasteiger partial charge in [-0.3, -0.25) is 38.4 Å². The number of likely N-dealkylation sites (N-methyl/N-ethyl adjacent to an activating group) is 1. The summed E-state index contributed by atoms with van der Waals surface area (Å²) in [6.45, 7) is 5.80. The molecule has 16 nitrogen and oxygen atoms in total. The third-order valence-electron chi connectivity index (χ3n) is 20.9. The molecule has 0 aromatic heterocycles. The van der Waals surface area contributed by atoms with Gasteiger partial charge in [-0.1, -0.05) is 174 Å². The Morgan fingerprint density at radius 3 is 1.27 bits per heavy atom. The lowest BCUT2D eigenvalue weighted by Gasteiger charge is -2.35. The maximum absolute atomic E-state index is 15.1. The first kappa shape index (κ1) is 63.4. The Hall–Kier alpha value is -8.76. The molecular formula is C76H86N8O8. The summed E-state index contributed by atoms with van der Waals surface area (Å²) in [4.78, 5) is 119. The van der Waals surface area contributed by atoms with Crippen LogP contribution in [0.25, 0.3) is 33.4 Å². The number of nitrogens with one attached hydrogen (secondary N) is 6. The van der Waals surface area contributed by atoms with Gasteiger partial charge >= 0.3 is 0 Å². The summed E-state index contributed by atoms with van der Waals surface area (Å²) in [7, 11) is 1.74. The molecule has 92 heavy (non-hydrogen) atoms. The molecule has 6 N–H and O–H groups in total. The average Bonchev–Trinajstić information content (AvgIpc) is 1.66. The van der Waals surface area contributed by atoms with E-state index < -0.39 is 54.3 Å². The number of benzene rings is 6. The highest BCUT2D eigenvalue weighted by Crippen LogP contribution is 2.45. The number of amides is 7. The van der Waals surface area contributed by atoms with Crippen molar-refractivity contribution in [3.63, 3.8) is 0 Å².